The summed E-state index contributed by atoms with van der Waals surface area (Å²) < 4.78 is 10.9. The lowest BCUT2D eigenvalue weighted by molar-refractivity contribution is 0.106. The van der Waals surface area contributed by atoms with E-state index in [4.69, 9.17) is 19.7 Å². The zero-order chi connectivity index (χ0) is 15.9. The van der Waals surface area contributed by atoms with Gasteiger partial charge in [0.05, 0.1) is 32.5 Å². The van der Waals surface area contributed by atoms with Crippen molar-refractivity contribution in [2.45, 2.75) is 0 Å². The maximum Gasteiger partial charge on any atom is 0.153 e. The van der Waals surface area contributed by atoms with Gasteiger partial charge in [-0.25, -0.2) is 0 Å². The van der Waals surface area contributed by atoms with E-state index >= 15 is 0 Å². The maximum absolute atomic E-state index is 11.2. The number of aliphatic hydroxyl groups is 2. The van der Waals surface area contributed by atoms with E-state index in [0.717, 1.165) is 16.7 Å². The van der Waals surface area contributed by atoms with E-state index in [1.54, 1.807) is 12.1 Å². The second-order valence-corrected chi connectivity index (χ2v) is 5.68. The topological polar surface area (TPSA) is 76.0 Å². The molecule has 0 amide bonds. The first kappa shape index (κ1) is 16.5. The molecule has 0 saturated carbocycles. The smallest absolute Gasteiger partial charge is 0.153 e. The van der Waals surface area contributed by atoms with Crippen molar-refractivity contribution in [2.24, 2.45) is 5.92 Å². The number of aldehydes is 1. The number of aliphatic hydroxyl groups excluding tert-OH is 2. The predicted molar refractivity (Wildman–Crippen MR) is 84.9 cm³/mol. The fraction of sp³-hybridized carbons (Fsp3) is 0.312. The molecule has 0 fully saturated rings. The first-order valence-electron chi connectivity index (χ1n) is 6.79. The van der Waals surface area contributed by atoms with E-state index in [0.29, 0.717) is 17.1 Å². The molecule has 2 rings (SSSR count). The van der Waals surface area contributed by atoms with Crippen molar-refractivity contribution in [1.82, 2.24) is 0 Å². The average Bonchev–Trinajstić information content (AvgIpc) is 3.09. The third kappa shape index (κ3) is 3.65. The molecule has 1 aromatic carbocycles. The van der Waals surface area contributed by atoms with Crippen LogP contribution < -0.4 is 9.47 Å². The Hall–Kier alpha value is -1.89. The molecule has 1 aromatic heterocycles. The van der Waals surface area contributed by atoms with Crippen LogP contribution in [0.1, 0.15) is 10.4 Å². The minimum atomic E-state index is -0.354. The van der Waals surface area contributed by atoms with Gasteiger partial charge in [-0.2, -0.15) is 0 Å². The van der Waals surface area contributed by atoms with Crippen molar-refractivity contribution in [3.63, 3.8) is 0 Å². The molecular weight excluding hydrogens is 304 g/mol. The van der Waals surface area contributed by atoms with Crippen LogP contribution in [0.3, 0.4) is 0 Å². The molecule has 0 aliphatic rings. The second kappa shape index (κ2) is 7.93. The van der Waals surface area contributed by atoms with Crippen LogP contribution in [0.4, 0.5) is 0 Å². The predicted octanol–water partition coefficient (Wildman–Crippen LogP) is 2.22. The van der Waals surface area contributed by atoms with Crippen molar-refractivity contribution >= 4 is 17.6 Å². The van der Waals surface area contributed by atoms with Crippen molar-refractivity contribution in [3.05, 3.63) is 35.2 Å². The molecule has 0 aliphatic carbocycles. The fourth-order valence-electron chi connectivity index (χ4n) is 1.96. The fourth-order valence-corrected chi connectivity index (χ4v) is 2.71. The van der Waals surface area contributed by atoms with Crippen LogP contribution in [0.15, 0.2) is 29.6 Å². The summed E-state index contributed by atoms with van der Waals surface area (Å²) in [5.41, 5.74) is 1.23. The van der Waals surface area contributed by atoms with Gasteiger partial charge in [-0.05, 0) is 17.5 Å². The Morgan fingerprint density at radius 2 is 2.05 bits per heavy atom. The Morgan fingerprint density at radius 1 is 1.27 bits per heavy atom. The van der Waals surface area contributed by atoms with E-state index in [2.05, 4.69) is 0 Å². The summed E-state index contributed by atoms with van der Waals surface area (Å²) in [6, 6.07) is 7.23. The SMILES string of the molecule is COc1cc(OCC(CO)CO)c(-c2cccs2)cc1C=O. The third-order valence-electron chi connectivity index (χ3n) is 3.24. The molecule has 2 N–H and O–H groups in total. The lowest BCUT2D eigenvalue weighted by atomic mass is 10.1. The molecule has 6 heteroatoms. The summed E-state index contributed by atoms with van der Waals surface area (Å²) in [7, 11) is 1.49. The molecule has 0 unspecified atom stereocenters. The number of carbonyl (C=O) groups excluding carboxylic acids is 1. The van der Waals surface area contributed by atoms with Gasteiger partial charge in [0.2, 0.25) is 0 Å². The van der Waals surface area contributed by atoms with E-state index in [9.17, 15) is 4.79 Å². The number of hydrogen-bond acceptors (Lipinski definition) is 6. The van der Waals surface area contributed by atoms with Crippen LogP contribution in [-0.4, -0.2) is 43.4 Å². The highest BCUT2D eigenvalue weighted by Crippen LogP contribution is 2.38. The van der Waals surface area contributed by atoms with Crippen LogP contribution in [0, 0.1) is 5.92 Å². The van der Waals surface area contributed by atoms with E-state index in [-0.39, 0.29) is 25.7 Å². The molecular formula is C16H18O5S. The number of rotatable bonds is 8. The molecule has 0 aliphatic heterocycles. The molecule has 0 spiro atoms. The zero-order valence-corrected chi connectivity index (χ0v) is 13.0. The normalized spacial score (nSPS) is 10.7. The summed E-state index contributed by atoms with van der Waals surface area (Å²) in [6.07, 6.45) is 0.740. The first-order chi connectivity index (χ1) is 10.7. The summed E-state index contributed by atoms with van der Waals surface area (Å²) in [5.74, 6) is 0.625. The lowest BCUT2D eigenvalue weighted by Crippen LogP contribution is -2.20. The van der Waals surface area contributed by atoms with Gasteiger partial charge in [0.1, 0.15) is 11.5 Å². The van der Waals surface area contributed by atoms with Gasteiger partial charge < -0.3 is 19.7 Å². The van der Waals surface area contributed by atoms with Gasteiger partial charge in [0, 0.05) is 22.4 Å². The van der Waals surface area contributed by atoms with Crippen molar-refractivity contribution in [1.29, 1.82) is 0 Å². The Morgan fingerprint density at radius 3 is 2.59 bits per heavy atom. The lowest BCUT2D eigenvalue weighted by Gasteiger charge is -2.17. The van der Waals surface area contributed by atoms with Gasteiger partial charge in [-0.15, -0.1) is 11.3 Å². The molecule has 0 saturated heterocycles. The quantitative estimate of drug-likeness (QED) is 0.729. The summed E-state index contributed by atoms with van der Waals surface area (Å²) >= 11 is 1.53. The Labute approximate surface area is 132 Å². The first-order valence-corrected chi connectivity index (χ1v) is 7.67. The molecule has 1 heterocycles. The largest absolute Gasteiger partial charge is 0.496 e. The molecule has 0 atom stereocenters. The number of benzene rings is 1. The molecule has 2 aromatic rings. The van der Waals surface area contributed by atoms with Gasteiger partial charge in [-0.1, -0.05) is 6.07 Å². The molecule has 118 valence electrons. The van der Waals surface area contributed by atoms with Gasteiger partial charge >= 0.3 is 0 Å². The Balaban J connectivity index is 2.38. The van der Waals surface area contributed by atoms with Gasteiger partial charge in [0.25, 0.3) is 0 Å². The van der Waals surface area contributed by atoms with Crippen molar-refractivity contribution < 1.29 is 24.5 Å². The number of ether oxygens (including phenoxy) is 2. The van der Waals surface area contributed by atoms with Crippen LogP contribution >= 0.6 is 11.3 Å². The van der Waals surface area contributed by atoms with Crippen molar-refractivity contribution in [2.75, 3.05) is 26.9 Å². The number of carbonyl (C=O) groups is 1. The van der Waals surface area contributed by atoms with Gasteiger partial charge in [-0.3, -0.25) is 4.79 Å². The minimum Gasteiger partial charge on any atom is -0.496 e. The van der Waals surface area contributed by atoms with E-state index in [1.165, 1.54) is 18.4 Å². The monoisotopic (exact) mass is 322 g/mol. The number of methoxy groups -OCH3 is 1. The van der Waals surface area contributed by atoms with Crippen molar-refractivity contribution in [3.8, 4) is 21.9 Å². The Bertz CT molecular complexity index is 605. The molecule has 22 heavy (non-hydrogen) atoms. The van der Waals surface area contributed by atoms with E-state index < -0.39 is 0 Å². The summed E-state index contributed by atoms with van der Waals surface area (Å²) in [5, 5.41) is 20.2. The standard InChI is InChI=1S/C16H18O5S/c1-20-14-6-15(21-10-11(7-17)8-18)13(5-12(14)9-19)16-3-2-4-22-16/h2-6,9,11,17-18H,7-8,10H2,1H3. The summed E-state index contributed by atoms with van der Waals surface area (Å²) in [4.78, 5) is 12.2. The van der Waals surface area contributed by atoms with E-state index in [1.807, 2.05) is 17.5 Å². The highest BCUT2D eigenvalue weighted by molar-refractivity contribution is 7.13. The summed E-state index contributed by atoms with van der Waals surface area (Å²) in [6.45, 7) is -0.141. The molecule has 0 radical (unpaired) electrons. The second-order valence-electron chi connectivity index (χ2n) is 4.73. The average molecular weight is 322 g/mol. The maximum atomic E-state index is 11.2. The van der Waals surface area contributed by atoms with Gasteiger partial charge in [0.15, 0.2) is 6.29 Å². The Kier molecular flexibility index (Phi) is 5.94. The third-order valence-corrected chi connectivity index (χ3v) is 4.14. The van der Waals surface area contributed by atoms with Crippen LogP contribution in [0.5, 0.6) is 11.5 Å². The highest BCUT2D eigenvalue weighted by atomic mass is 32.1. The number of thiophene rings is 1. The molecule has 5 nitrogen and oxygen atoms in total. The molecule has 0 bridgehead atoms. The minimum absolute atomic E-state index is 0.158. The number of hydrogen-bond donors (Lipinski definition) is 2. The van der Waals surface area contributed by atoms with Crippen LogP contribution in [0.2, 0.25) is 0 Å². The van der Waals surface area contributed by atoms with Crippen LogP contribution in [0.25, 0.3) is 10.4 Å². The zero-order valence-electron chi connectivity index (χ0n) is 12.2. The highest BCUT2D eigenvalue weighted by Gasteiger charge is 2.15. The van der Waals surface area contributed by atoms with Crippen LogP contribution in [-0.2, 0) is 0 Å².